The summed E-state index contributed by atoms with van der Waals surface area (Å²) in [6, 6.07) is 1.79. The number of thiazole rings is 1. The van der Waals surface area contributed by atoms with Crippen molar-refractivity contribution < 1.29 is 24.1 Å². The predicted molar refractivity (Wildman–Crippen MR) is 109 cm³/mol. The third kappa shape index (κ3) is 3.44. The number of hydrogen-bond acceptors (Lipinski definition) is 8. The summed E-state index contributed by atoms with van der Waals surface area (Å²) in [4.78, 5) is 68.1. The van der Waals surface area contributed by atoms with Crippen molar-refractivity contribution in [1.82, 2.24) is 14.8 Å². The van der Waals surface area contributed by atoms with Crippen LogP contribution < -0.4 is 5.32 Å². The molecule has 1 aromatic carbocycles. The molecule has 0 bridgehead atoms. The standard InChI is InChI=1S/C19H17N5O6S/c1-10(23-17(27)11-4-2-5-12(24(29)30)14(11)18(23)28)16(26)22-8-3-6-13(22)15(25)21-19-20-7-9-31-19/h2,4-5,7,9-10,13H,3,6,8H2,1H3,(H,20,21,25). The average molecular weight is 443 g/mol. The van der Waals surface area contributed by atoms with Gasteiger partial charge in [-0.15, -0.1) is 11.3 Å². The molecule has 0 saturated carbocycles. The molecule has 1 saturated heterocycles. The summed E-state index contributed by atoms with van der Waals surface area (Å²) in [5.41, 5.74) is -0.921. The van der Waals surface area contributed by atoms with Gasteiger partial charge < -0.3 is 10.2 Å². The fourth-order valence-corrected chi connectivity index (χ4v) is 4.45. The number of amides is 4. The van der Waals surface area contributed by atoms with E-state index in [4.69, 9.17) is 0 Å². The van der Waals surface area contributed by atoms with Crippen LogP contribution in [0.4, 0.5) is 10.8 Å². The molecule has 12 heteroatoms. The minimum Gasteiger partial charge on any atom is -0.329 e. The Hall–Kier alpha value is -3.67. The first kappa shape index (κ1) is 20.6. The van der Waals surface area contributed by atoms with Crippen molar-refractivity contribution >= 4 is 45.8 Å². The second-order valence-electron chi connectivity index (χ2n) is 7.13. The van der Waals surface area contributed by atoms with Gasteiger partial charge in [-0.2, -0.15) is 0 Å². The topological polar surface area (TPSA) is 143 Å². The molecular weight excluding hydrogens is 426 g/mol. The number of likely N-dealkylation sites (tertiary alicyclic amines) is 1. The Bertz CT molecular complexity index is 1100. The number of nitrogens with one attached hydrogen (secondary N) is 1. The Morgan fingerprint density at radius 3 is 2.77 bits per heavy atom. The minimum atomic E-state index is -1.22. The molecule has 1 fully saturated rings. The van der Waals surface area contributed by atoms with Crippen LogP contribution in [-0.2, 0) is 9.59 Å². The van der Waals surface area contributed by atoms with Crippen LogP contribution in [0.25, 0.3) is 0 Å². The molecule has 1 N–H and O–H groups in total. The molecule has 2 aromatic rings. The van der Waals surface area contributed by atoms with Gasteiger partial charge in [-0.25, -0.2) is 4.98 Å². The zero-order chi connectivity index (χ0) is 22.3. The lowest BCUT2D eigenvalue weighted by molar-refractivity contribution is -0.385. The van der Waals surface area contributed by atoms with Gasteiger partial charge in [-0.3, -0.25) is 34.2 Å². The Balaban J connectivity index is 1.56. The van der Waals surface area contributed by atoms with Crippen molar-refractivity contribution in [1.29, 1.82) is 0 Å². The van der Waals surface area contributed by atoms with Gasteiger partial charge >= 0.3 is 0 Å². The fourth-order valence-electron chi connectivity index (χ4n) is 3.92. The Morgan fingerprint density at radius 2 is 2.10 bits per heavy atom. The normalized spacial score (nSPS) is 18.8. The first-order valence-electron chi connectivity index (χ1n) is 9.47. The Morgan fingerprint density at radius 1 is 1.32 bits per heavy atom. The highest BCUT2D eigenvalue weighted by molar-refractivity contribution is 7.13. The maximum absolute atomic E-state index is 13.2. The molecule has 3 heterocycles. The van der Waals surface area contributed by atoms with Crippen LogP contribution in [0, 0.1) is 10.1 Å². The zero-order valence-corrected chi connectivity index (χ0v) is 17.1. The SMILES string of the molecule is CC(C(=O)N1CCCC1C(=O)Nc1nccs1)N1C(=O)c2cccc([N+](=O)[O-])c2C1=O. The zero-order valence-electron chi connectivity index (χ0n) is 16.3. The second kappa shape index (κ2) is 7.87. The van der Waals surface area contributed by atoms with Crippen LogP contribution in [0.2, 0.25) is 0 Å². The number of nitro groups is 1. The second-order valence-corrected chi connectivity index (χ2v) is 8.02. The molecule has 160 valence electrons. The van der Waals surface area contributed by atoms with Crippen LogP contribution in [0.5, 0.6) is 0 Å². The molecule has 2 atom stereocenters. The van der Waals surface area contributed by atoms with E-state index in [2.05, 4.69) is 10.3 Å². The van der Waals surface area contributed by atoms with E-state index in [0.29, 0.717) is 24.5 Å². The molecule has 2 aliphatic rings. The quantitative estimate of drug-likeness (QED) is 0.421. The third-order valence-corrected chi connectivity index (χ3v) is 6.06. The molecule has 4 amide bonds. The van der Waals surface area contributed by atoms with Crippen molar-refractivity contribution in [3.63, 3.8) is 0 Å². The number of benzene rings is 1. The first-order chi connectivity index (χ1) is 14.8. The van der Waals surface area contributed by atoms with E-state index in [-0.39, 0.29) is 11.1 Å². The number of nitro benzene ring substituents is 1. The van der Waals surface area contributed by atoms with Crippen molar-refractivity contribution in [2.24, 2.45) is 0 Å². The van der Waals surface area contributed by atoms with Gasteiger partial charge in [0, 0.05) is 24.2 Å². The summed E-state index contributed by atoms with van der Waals surface area (Å²) in [7, 11) is 0. The minimum absolute atomic E-state index is 0.113. The molecule has 4 rings (SSSR count). The smallest absolute Gasteiger partial charge is 0.282 e. The number of nitrogens with zero attached hydrogens (tertiary/aromatic N) is 4. The van der Waals surface area contributed by atoms with Gasteiger partial charge in [0.05, 0.1) is 10.5 Å². The fraction of sp³-hybridized carbons (Fsp3) is 0.316. The van der Waals surface area contributed by atoms with Gasteiger partial charge in [0.25, 0.3) is 17.5 Å². The van der Waals surface area contributed by atoms with Gasteiger partial charge in [-0.1, -0.05) is 6.07 Å². The maximum Gasteiger partial charge on any atom is 0.282 e. The van der Waals surface area contributed by atoms with E-state index in [0.717, 1.165) is 11.0 Å². The van der Waals surface area contributed by atoms with Crippen LogP contribution in [0.3, 0.4) is 0 Å². The van der Waals surface area contributed by atoms with Crippen molar-refractivity contribution in [2.75, 3.05) is 11.9 Å². The van der Waals surface area contributed by atoms with E-state index in [1.54, 1.807) is 11.6 Å². The number of anilines is 1. The molecule has 0 aliphatic carbocycles. The average Bonchev–Trinajstić information content (AvgIpc) is 3.48. The summed E-state index contributed by atoms with van der Waals surface area (Å²) >= 11 is 1.24. The third-order valence-electron chi connectivity index (χ3n) is 5.37. The van der Waals surface area contributed by atoms with E-state index >= 15 is 0 Å². The van der Waals surface area contributed by atoms with Crippen molar-refractivity contribution in [2.45, 2.75) is 31.8 Å². The van der Waals surface area contributed by atoms with Crippen LogP contribution in [0.1, 0.15) is 40.5 Å². The van der Waals surface area contributed by atoms with E-state index in [1.165, 1.54) is 35.3 Å². The summed E-state index contributed by atoms with van der Waals surface area (Å²) in [5.74, 6) is -2.64. The number of carbonyl (C=O) groups is 4. The first-order valence-corrected chi connectivity index (χ1v) is 10.4. The number of carbonyl (C=O) groups excluding carboxylic acids is 4. The van der Waals surface area contributed by atoms with Crippen LogP contribution in [-0.4, -0.2) is 62.0 Å². The van der Waals surface area contributed by atoms with Gasteiger partial charge in [0.1, 0.15) is 17.6 Å². The summed E-state index contributed by atoms with van der Waals surface area (Å²) in [6.07, 6.45) is 2.56. The molecule has 31 heavy (non-hydrogen) atoms. The molecule has 2 aliphatic heterocycles. The Kier molecular flexibility index (Phi) is 5.23. The monoisotopic (exact) mass is 443 g/mol. The lowest BCUT2D eigenvalue weighted by Crippen LogP contribution is -2.52. The summed E-state index contributed by atoms with van der Waals surface area (Å²) in [5, 5.41) is 16.1. The number of fused-ring (bicyclic) bond motifs is 1. The molecular formula is C19H17N5O6S. The summed E-state index contributed by atoms with van der Waals surface area (Å²) < 4.78 is 0. The number of imide groups is 1. The molecule has 0 radical (unpaired) electrons. The lowest BCUT2D eigenvalue weighted by atomic mass is 10.1. The highest BCUT2D eigenvalue weighted by Crippen LogP contribution is 2.33. The molecule has 0 spiro atoms. The van der Waals surface area contributed by atoms with Crippen molar-refractivity contribution in [3.05, 3.63) is 51.0 Å². The van der Waals surface area contributed by atoms with Crippen molar-refractivity contribution in [3.8, 4) is 0 Å². The van der Waals surface area contributed by atoms with Crippen LogP contribution >= 0.6 is 11.3 Å². The lowest BCUT2D eigenvalue weighted by Gasteiger charge is -2.29. The number of rotatable bonds is 5. The van der Waals surface area contributed by atoms with E-state index < -0.39 is 46.3 Å². The number of hydrogen-bond donors (Lipinski definition) is 1. The summed E-state index contributed by atoms with van der Waals surface area (Å²) in [6.45, 7) is 1.67. The highest BCUT2D eigenvalue weighted by Gasteiger charge is 2.47. The molecule has 1 aromatic heterocycles. The van der Waals surface area contributed by atoms with E-state index in [1.807, 2.05) is 0 Å². The largest absolute Gasteiger partial charge is 0.329 e. The van der Waals surface area contributed by atoms with Gasteiger partial charge in [0.2, 0.25) is 11.8 Å². The van der Waals surface area contributed by atoms with E-state index in [9.17, 15) is 29.3 Å². The Labute approximate surface area is 179 Å². The van der Waals surface area contributed by atoms with Crippen LogP contribution in [0.15, 0.2) is 29.8 Å². The number of aromatic nitrogens is 1. The molecule has 11 nitrogen and oxygen atoms in total. The predicted octanol–water partition coefficient (Wildman–Crippen LogP) is 1.67. The maximum atomic E-state index is 13.2. The van der Waals surface area contributed by atoms with Gasteiger partial charge in [-0.05, 0) is 25.8 Å². The highest BCUT2D eigenvalue weighted by atomic mass is 32.1. The molecule has 2 unspecified atom stereocenters. The van der Waals surface area contributed by atoms with Gasteiger partial charge in [0.15, 0.2) is 5.13 Å².